The third kappa shape index (κ3) is 1.58. The van der Waals surface area contributed by atoms with Crippen LogP contribution in [0.3, 0.4) is 0 Å². The monoisotopic (exact) mass is 223 g/mol. The predicted molar refractivity (Wildman–Crippen MR) is 65.1 cm³/mol. The van der Waals surface area contributed by atoms with Crippen molar-refractivity contribution in [1.29, 1.82) is 0 Å². The van der Waals surface area contributed by atoms with Crippen LogP contribution in [0.2, 0.25) is 5.02 Å². The highest BCUT2D eigenvalue weighted by Gasteiger charge is 2.41. The Morgan fingerprint density at radius 2 is 2.07 bits per heavy atom. The summed E-state index contributed by atoms with van der Waals surface area (Å²) in [6.07, 6.45) is 3.35. The molecule has 0 amide bonds. The van der Waals surface area contributed by atoms with Crippen molar-refractivity contribution in [2.24, 2.45) is 11.1 Å². The number of rotatable bonds is 2. The molecule has 2 rings (SSSR count). The van der Waals surface area contributed by atoms with Gasteiger partial charge in [-0.15, -0.1) is 0 Å². The Bertz CT molecular complexity index is 369. The second-order valence-corrected chi connectivity index (χ2v) is 5.00. The maximum atomic E-state index is 6.35. The van der Waals surface area contributed by atoms with Crippen molar-refractivity contribution in [3.05, 3.63) is 34.3 Å². The van der Waals surface area contributed by atoms with E-state index in [0.29, 0.717) is 0 Å². The first-order valence-corrected chi connectivity index (χ1v) is 6.04. The van der Waals surface area contributed by atoms with E-state index in [1.54, 1.807) is 0 Å². The molecule has 2 heteroatoms. The van der Waals surface area contributed by atoms with Crippen molar-refractivity contribution < 1.29 is 0 Å². The maximum absolute atomic E-state index is 6.35. The largest absolute Gasteiger partial charge is 0.323 e. The van der Waals surface area contributed by atoms with Crippen molar-refractivity contribution in [2.75, 3.05) is 0 Å². The molecule has 1 nitrogen and oxygen atoms in total. The Morgan fingerprint density at radius 1 is 1.40 bits per heavy atom. The van der Waals surface area contributed by atoms with Gasteiger partial charge in [0.15, 0.2) is 0 Å². The van der Waals surface area contributed by atoms with Gasteiger partial charge in [-0.05, 0) is 47.9 Å². The van der Waals surface area contributed by atoms with Crippen LogP contribution in [-0.4, -0.2) is 0 Å². The minimum Gasteiger partial charge on any atom is -0.323 e. The molecule has 0 bridgehead atoms. The molecule has 0 saturated heterocycles. The van der Waals surface area contributed by atoms with E-state index in [-0.39, 0.29) is 11.5 Å². The minimum atomic E-state index is 0.180. The van der Waals surface area contributed by atoms with Crippen LogP contribution in [0.1, 0.15) is 43.9 Å². The lowest BCUT2D eigenvalue weighted by Gasteiger charge is -2.31. The number of nitrogens with two attached hydrogens (primary N) is 1. The van der Waals surface area contributed by atoms with E-state index in [0.717, 1.165) is 24.3 Å². The molecule has 1 atom stereocenters. The van der Waals surface area contributed by atoms with Gasteiger partial charge in [0.25, 0.3) is 0 Å². The average molecular weight is 224 g/mol. The Morgan fingerprint density at radius 3 is 2.67 bits per heavy atom. The normalized spacial score (nSPS) is 22.8. The van der Waals surface area contributed by atoms with Crippen molar-refractivity contribution in [1.82, 2.24) is 0 Å². The summed E-state index contributed by atoms with van der Waals surface area (Å²) >= 11 is 6.01. The number of benzene rings is 1. The fraction of sp³-hybridized carbons (Fsp3) is 0.538. The van der Waals surface area contributed by atoms with Crippen molar-refractivity contribution in [3.8, 4) is 0 Å². The molecule has 15 heavy (non-hydrogen) atoms. The van der Waals surface area contributed by atoms with Crippen LogP contribution in [0.5, 0.6) is 0 Å². The molecule has 1 aliphatic carbocycles. The van der Waals surface area contributed by atoms with Crippen molar-refractivity contribution in [2.45, 2.75) is 39.2 Å². The third-order valence-corrected chi connectivity index (χ3v) is 4.29. The summed E-state index contributed by atoms with van der Waals surface area (Å²) in [6, 6.07) is 6.29. The van der Waals surface area contributed by atoms with Crippen LogP contribution in [-0.2, 0) is 6.42 Å². The highest BCUT2D eigenvalue weighted by Crippen LogP contribution is 2.49. The molecule has 0 fully saturated rings. The Balaban J connectivity index is 2.44. The maximum Gasteiger partial charge on any atom is 0.0408 e. The van der Waals surface area contributed by atoms with Gasteiger partial charge in [-0.3, -0.25) is 0 Å². The lowest BCUT2D eigenvalue weighted by atomic mass is 9.76. The highest BCUT2D eigenvalue weighted by atomic mass is 35.5. The van der Waals surface area contributed by atoms with Gasteiger partial charge in [-0.1, -0.05) is 31.5 Å². The molecule has 0 aromatic heterocycles. The first-order chi connectivity index (χ1) is 7.13. The van der Waals surface area contributed by atoms with E-state index < -0.39 is 0 Å². The van der Waals surface area contributed by atoms with Gasteiger partial charge in [-0.2, -0.15) is 0 Å². The summed E-state index contributed by atoms with van der Waals surface area (Å²) in [6.45, 7) is 4.47. The second-order valence-electron chi connectivity index (χ2n) is 4.57. The zero-order chi connectivity index (χ0) is 11.1. The van der Waals surface area contributed by atoms with Gasteiger partial charge in [0.2, 0.25) is 0 Å². The van der Waals surface area contributed by atoms with Gasteiger partial charge < -0.3 is 5.73 Å². The zero-order valence-electron chi connectivity index (χ0n) is 9.39. The first kappa shape index (κ1) is 11.0. The number of fused-ring (bicyclic) bond motifs is 1. The minimum absolute atomic E-state index is 0.180. The molecule has 82 valence electrons. The fourth-order valence-corrected chi connectivity index (χ4v) is 2.98. The Labute approximate surface area is 96.6 Å². The van der Waals surface area contributed by atoms with Gasteiger partial charge >= 0.3 is 0 Å². The second kappa shape index (κ2) is 3.80. The molecule has 1 aliphatic rings. The van der Waals surface area contributed by atoms with Gasteiger partial charge in [0.05, 0.1) is 0 Å². The average Bonchev–Trinajstić information content (AvgIpc) is 2.52. The molecular formula is C13H18ClN. The van der Waals surface area contributed by atoms with Crippen molar-refractivity contribution >= 4 is 11.6 Å². The van der Waals surface area contributed by atoms with Gasteiger partial charge in [-0.25, -0.2) is 0 Å². The van der Waals surface area contributed by atoms with E-state index in [4.69, 9.17) is 17.3 Å². The molecule has 0 aliphatic heterocycles. The van der Waals surface area contributed by atoms with E-state index in [1.165, 1.54) is 11.1 Å². The summed E-state index contributed by atoms with van der Waals surface area (Å²) < 4.78 is 0. The number of halogens is 1. The van der Waals surface area contributed by atoms with E-state index in [9.17, 15) is 0 Å². The van der Waals surface area contributed by atoms with Crippen LogP contribution >= 0.6 is 11.6 Å². The van der Waals surface area contributed by atoms with Crippen LogP contribution < -0.4 is 5.73 Å². The number of hydrogen-bond acceptors (Lipinski definition) is 1. The lowest BCUT2D eigenvalue weighted by molar-refractivity contribution is 0.226. The van der Waals surface area contributed by atoms with E-state index >= 15 is 0 Å². The molecule has 1 aromatic rings. The molecule has 0 spiro atoms. The summed E-state index contributed by atoms with van der Waals surface area (Å²) in [5.74, 6) is 0. The summed E-state index contributed by atoms with van der Waals surface area (Å²) in [5.41, 5.74) is 9.25. The number of hydrogen-bond donors (Lipinski definition) is 1. The SMILES string of the molecule is CCC1(CC)Cc2cc(Cl)ccc2[C@@H]1N. The summed E-state index contributed by atoms with van der Waals surface area (Å²) in [5, 5.41) is 0.823. The van der Waals surface area contributed by atoms with Gasteiger partial charge in [0, 0.05) is 11.1 Å². The summed E-state index contributed by atoms with van der Waals surface area (Å²) in [7, 11) is 0. The highest BCUT2D eigenvalue weighted by molar-refractivity contribution is 6.30. The Hall–Kier alpha value is -0.530. The smallest absolute Gasteiger partial charge is 0.0408 e. The zero-order valence-corrected chi connectivity index (χ0v) is 10.1. The predicted octanol–water partition coefficient (Wildman–Crippen LogP) is 3.70. The molecule has 2 N–H and O–H groups in total. The van der Waals surface area contributed by atoms with Crippen LogP contribution in [0.25, 0.3) is 0 Å². The van der Waals surface area contributed by atoms with E-state index in [1.807, 2.05) is 6.07 Å². The topological polar surface area (TPSA) is 26.0 Å². The molecule has 0 unspecified atom stereocenters. The van der Waals surface area contributed by atoms with Crippen LogP contribution in [0, 0.1) is 5.41 Å². The lowest BCUT2D eigenvalue weighted by Crippen LogP contribution is -2.30. The molecular weight excluding hydrogens is 206 g/mol. The molecule has 0 heterocycles. The van der Waals surface area contributed by atoms with Crippen LogP contribution in [0.4, 0.5) is 0 Å². The van der Waals surface area contributed by atoms with Gasteiger partial charge in [0.1, 0.15) is 0 Å². The Kier molecular flexibility index (Phi) is 2.78. The first-order valence-electron chi connectivity index (χ1n) is 5.67. The molecule has 0 saturated carbocycles. The standard InChI is InChI=1S/C13H18ClN/c1-3-13(4-2)8-9-7-10(14)5-6-11(9)12(13)15/h5-7,12H,3-4,8,15H2,1-2H3/t12-/m0/s1. The van der Waals surface area contributed by atoms with Crippen molar-refractivity contribution in [3.63, 3.8) is 0 Å². The molecule has 0 radical (unpaired) electrons. The fourth-order valence-electron chi connectivity index (χ4n) is 2.79. The van der Waals surface area contributed by atoms with E-state index in [2.05, 4.69) is 26.0 Å². The van der Waals surface area contributed by atoms with Crippen LogP contribution in [0.15, 0.2) is 18.2 Å². The quantitative estimate of drug-likeness (QED) is 0.813. The molecule has 1 aromatic carbocycles. The third-order valence-electron chi connectivity index (χ3n) is 4.05. The summed E-state index contributed by atoms with van der Waals surface area (Å²) in [4.78, 5) is 0.